The van der Waals surface area contributed by atoms with Gasteiger partial charge in [0.15, 0.2) is 0 Å². The summed E-state index contributed by atoms with van der Waals surface area (Å²) in [6.45, 7) is 2.78. The predicted molar refractivity (Wildman–Crippen MR) is 75.9 cm³/mol. The number of nitrogens with one attached hydrogen (secondary N) is 1. The van der Waals surface area contributed by atoms with Gasteiger partial charge in [-0.2, -0.15) is 4.72 Å². The fraction of sp³-hybridized carbons (Fsp3) is 0.462. The van der Waals surface area contributed by atoms with Crippen LogP contribution in [0, 0.1) is 13.8 Å². The normalized spacial score (nSPS) is 13.0. The van der Waals surface area contributed by atoms with Crippen molar-refractivity contribution < 1.29 is 28.2 Å². The van der Waals surface area contributed by atoms with Crippen LogP contribution in [0.15, 0.2) is 17.0 Å². The standard InChI is InChI=1S/C13H19NO6S/c1-8-6-10(20-3)7-9(2)12(8)21(18,19)14-11(4-5-15)13(16)17/h6-7,11,14-15H,4-5H2,1-3H3,(H,16,17). The van der Waals surface area contributed by atoms with Crippen molar-refractivity contribution in [2.24, 2.45) is 0 Å². The number of carboxylic acids is 1. The molecule has 0 amide bonds. The minimum absolute atomic E-state index is 0.0208. The summed E-state index contributed by atoms with van der Waals surface area (Å²) < 4.78 is 31.9. The van der Waals surface area contributed by atoms with E-state index < -0.39 is 28.6 Å². The molecule has 0 heterocycles. The Morgan fingerprint density at radius 2 is 1.86 bits per heavy atom. The smallest absolute Gasteiger partial charge is 0.321 e. The van der Waals surface area contributed by atoms with Crippen LogP contribution in [0.4, 0.5) is 0 Å². The maximum Gasteiger partial charge on any atom is 0.321 e. The van der Waals surface area contributed by atoms with E-state index in [1.165, 1.54) is 7.11 Å². The molecule has 1 rings (SSSR count). The Morgan fingerprint density at radius 1 is 1.33 bits per heavy atom. The number of aliphatic carboxylic acids is 1. The number of rotatable bonds is 7. The number of hydrogen-bond acceptors (Lipinski definition) is 5. The average molecular weight is 317 g/mol. The molecule has 0 bridgehead atoms. The number of carboxylic acid groups (broad SMARTS) is 1. The summed E-state index contributed by atoms with van der Waals surface area (Å²) in [4.78, 5) is 11.0. The van der Waals surface area contributed by atoms with Crippen LogP contribution >= 0.6 is 0 Å². The minimum Gasteiger partial charge on any atom is -0.497 e. The Bertz CT molecular complexity index is 603. The summed E-state index contributed by atoms with van der Waals surface area (Å²) in [5.41, 5.74) is 0.903. The van der Waals surface area contributed by atoms with Gasteiger partial charge in [-0.25, -0.2) is 8.42 Å². The highest BCUT2D eigenvalue weighted by Gasteiger charge is 2.27. The van der Waals surface area contributed by atoms with Crippen molar-refractivity contribution in [2.45, 2.75) is 31.2 Å². The number of carbonyl (C=O) groups is 1. The number of methoxy groups -OCH3 is 1. The van der Waals surface area contributed by atoms with Gasteiger partial charge in [-0.05, 0) is 43.5 Å². The predicted octanol–water partition coefficient (Wildman–Crippen LogP) is 0.426. The highest BCUT2D eigenvalue weighted by molar-refractivity contribution is 7.89. The summed E-state index contributed by atoms with van der Waals surface area (Å²) in [5, 5.41) is 17.8. The lowest BCUT2D eigenvalue weighted by Crippen LogP contribution is -2.41. The fourth-order valence-corrected chi connectivity index (χ4v) is 3.74. The highest BCUT2D eigenvalue weighted by atomic mass is 32.2. The lowest BCUT2D eigenvalue weighted by molar-refractivity contribution is -0.139. The molecular formula is C13H19NO6S. The van der Waals surface area contributed by atoms with Gasteiger partial charge < -0.3 is 14.9 Å². The summed E-state index contributed by atoms with van der Waals surface area (Å²) in [7, 11) is -2.54. The van der Waals surface area contributed by atoms with E-state index in [2.05, 4.69) is 4.72 Å². The van der Waals surface area contributed by atoms with Crippen LogP contribution in [0.3, 0.4) is 0 Å². The zero-order valence-electron chi connectivity index (χ0n) is 12.1. The van der Waals surface area contributed by atoms with Crippen LogP contribution in [-0.4, -0.2) is 44.4 Å². The van der Waals surface area contributed by atoms with Crippen molar-refractivity contribution in [1.82, 2.24) is 4.72 Å². The van der Waals surface area contributed by atoms with E-state index in [4.69, 9.17) is 14.9 Å². The molecule has 0 fully saturated rings. The number of aryl methyl sites for hydroxylation is 2. The van der Waals surface area contributed by atoms with Gasteiger partial charge in [-0.3, -0.25) is 4.79 Å². The molecule has 1 aromatic rings. The molecular weight excluding hydrogens is 298 g/mol. The molecule has 1 unspecified atom stereocenters. The number of aliphatic hydroxyl groups is 1. The van der Waals surface area contributed by atoms with Gasteiger partial charge in [0.25, 0.3) is 0 Å². The lowest BCUT2D eigenvalue weighted by Gasteiger charge is -2.17. The molecule has 7 nitrogen and oxygen atoms in total. The molecule has 0 saturated carbocycles. The van der Waals surface area contributed by atoms with Crippen molar-refractivity contribution in [3.05, 3.63) is 23.3 Å². The van der Waals surface area contributed by atoms with Crippen molar-refractivity contribution in [3.63, 3.8) is 0 Å². The highest BCUT2D eigenvalue weighted by Crippen LogP contribution is 2.25. The van der Waals surface area contributed by atoms with Crippen LogP contribution in [0.2, 0.25) is 0 Å². The number of hydrogen-bond donors (Lipinski definition) is 3. The number of sulfonamides is 1. The lowest BCUT2D eigenvalue weighted by atomic mass is 10.1. The fourth-order valence-electron chi connectivity index (χ4n) is 2.06. The molecule has 0 aliphatic rings. The van der Waals surface area contributed by atoms with Crippen molar-refractivity contribution in [2.75, 3.05) is 13.7 Å². The van der Waals surface area contributed by atoms with Crippen LogP contribution in [0.25, 0.3) is 0 Å². The van der Waals surface area contributed by atoms with Gasteiger partial charge in [0.1, 0.15) is 11.8 Å². The molecule has 3 N–H and O–H groups in total. The Hall–Kier alpha value is -1.64. The molecule has 0 aromatic heterocycles. The van der Waals surface area contributed by atoms with E-state index in [1.54, 1.807) is 26.0 Å². The summed E-state index contributed by atoms with van der Waals surface area (Å²) in [5.74, 6) is -0.814. The maximum atomic E-state index is 12.4. The van der Waals surface area contributed by atoms with Crippen LogP contribution < -0.4 is 9.46 Å². The number of benzene rings is 1. The number of ether oxygens (including phenoxy) is 1. The average Bonchev–Trinajstić information content (AvgIpc) is 2.36. The molecule has 21 heavy (non-hydrogen) atoms. The monoisotopic (exact) mass is 317 g/mol. The van der Waals surface area contributed by atoms with Crippen molar-refractivity contribution in [3.8, 4) is 5.75 Å². The van der Waals surface area contributed by atoms with Crippen molar-refractivity contribution in [1.29, 1.82) is 0 Å². The molecule has 0 saturated heterocycles. The first kappa shape index (κ1) is 17.4. The zero-order chi connectivity index (χ0) is 16.2. The van der Waals surface area contributed by atoms with Gasteiger partial charge in [-0.15, -0.1) is 0 Å². The Kier molecular flexibility index (Phi) is 5.70. The second-order valence-electron chi connectivity index (χ2n) is 4.61. The van der Waals surface area contributed by atoms with Gasteiger partial charge in [0.2, 0.25) is 10.0 Å². The van der Waals surface area contributed by atoms with Crippen LogP contribution in [0.5, 0.6) is 5.75 Å². The largest absolute Gasteiger partial charge is 0.497 e. The number of aliphatic hydroxyl groups excluding tert-OH is 1. The van der Waals surface area contributed by atoms with Gasteiger partial charge in [0.05, 0.1) is 12.0 Å². The molecule has 0 aliphatic carbocycles. The summed E-state index contributed by atoms with van der Waals surface area (Å²) in [6.07, 6.45) is -0.206. The van der Waals surface area contributed by atoms with E-state index in [0.717, 1.165) is 0 Å². The molecule has 1 atom stereocenters. The van der Waals surface area contributed by atoms with Crippen molar-refractivity contribution >= 4 is 16.0 Å². The van der Waals surface area contributed by atoms with Gasteiger partial charge in [-0.1, -0.05) is 0 Å². The van der Waals surface area contributed by atoms with Gasteiger partial charge >= 0.3 is 5.97 Å². The van der Waals surface area contributed by atoms with E-state index >= 15 is 0 Å². The molecule has 118 valence electrons. The molecule has 0 radical (unpaired) electrons. The molecule has 1 aromatic carbocycles. The zero-order valence-corrected chi connectivity index (χ0v) is 12.9. The SMILES string of the molecule is COc1cc(C)c(S(=O)(=O)NC(CCO)C(=O)O)c(C)c1. The van der Waals surface area contributed by atoms with Gasteiger partial charge in [0, 0.05) is 6.61 Å². The second-order valence-corrected chi connectivity index (χ2v) is 6.27. The summed E-state index contributed by atoms with van der Waals surface area (Å²) in [6, 6.07) is 1.74. The van der Waals surface area contributed by atoms with E-state index in [1.807, 2.05) is 0 Å². The first-order chi connectivity index (χ1) is 9.72. The quantitative estimate of drug-likeness (QED) is 0.672. The van der Waals surface area contributed by atoms with E-state index in [0.29, 0.717) is 16.9 Å². The third-order valence-electron chi connectivity index (χ3n) is 2.95. The van der Waals surface area contributed by atoms with Crippen LogP contribution in [-0.2, 0) is 14.8 Å². The first-order valence-electron chi connectivity index (χ1n) is 6.24. The third kappa shape index (κ3) is 4.16. The molecule has 0 aliphatic heterocycles. The van der Waals surface area contributed by atoms with E-state index in [9.17, 15) is 13.2 Å². The minimum atomic E-state index is -4.01. The Morgan fingerprint density at radius 3 is 2.24 bits per heavy atom. The topological polar surface area (TPSA) is 113 Å². The molecule has 0 spiro atoms. The van der Waals surface area contributed by atoms with E-state index in [-0.39, 0.29) is 11.3 Å². The second kappa shape index (κ2) is 6.88. The Labute approximate surface area is 123 Å². The third-order valence-corrected chi connectivity index (χ3v) is 4.73. The summed E-state index contributed by atoms with van der Waals surface area (Å²) >= 11 is 0. The van der Waals surface area contributed by atoms with Crippen LogP contribution in [0.1, 0.15) is 17.5 Å². The molecule has 8 heteroatoms. The first-order valence-corrected chi connectivity index (χ1v) is 7.72. The Balaban J connectivity index is 3.22. The maximum absolute atomic E-state index is 12.4.